The fourth-order valence-electron chi connectivity index (χ4n) is 7.33. The molecule has 10 aromatic rings. The summed E-state index contributed by atoms with van der Waals surface area (Å²) in [5, 5.41) is 10.2. The molecule has 0 aliphatic carbocycles. The zero-order chi connectivity index (χ0) is 26.7. The highest BCUT2D eigenvalue weighted by atomic mass is 15.0. The number of nitrogens with zero attached hydrogens (tertiary/aromatic N) is 2. The second-order valence-electron chi connectivity index (χ2n) is 11.1. The van der Waals surface area contributed by atoms with Crippen LogP contribution >= 0.6 is 0 Å². The summed E-state index contributed by atoms with van der Waals surface area (Å²) in [6.45, 7) is 0. The van der Waals surface area contributed by atoms with E-state index in [1.54, 1.807) is 0 Å². The van der Waals surface area contributed by atoms with Crippen molar-refractivity contribution in [3.63, 3.8) is 0 Å². The number of nitrogens with one attached hydrogen (secondary N) is 1. The van der Waals surface area contributed by atoms with Crippen LogP contribution in [0.25, 0.3) is 87.6 Å². The number of hydrogen-bond donors (Lipinski definition) is 1. The molecule has 0 radical (unpaired) electrons. The highest BCUT2D eigenvalue weighted by Gasteiger charge is 2.25. The van der Waals surface area contributed by atoms with Gasteiger partial charge in [-0.15, -0.1) is 0 Å². The minimum absolute atomic E-state index is 1.17. The summed E-state index contributed by atoms with van der Waals surface area (Å²) in [7, 11) is 0. The molecule has 190 valence electrons. The number of benzene rings is 7. The maximum atomic E-state index is 3.76. The summed E-state index contributed by atoms with van der Waals surface area (Å²) < 4.78 is 4.97. The Morgan fingerprint density at radius 2 is 1.07 bits per heavy atom. The van der Waals surface area contributed by atoms with Gasteiger partial charge in [0, 0.05) is 54.6 Å². The van der Waals surface area contributed by atoms with Gasteiger partial charge in [-0.3, -0.25) is 0 Å². The van der Waals surface area contributed by atoms with Crippen LogP contribution in [0.4, 0.5) is 0 Å². The maximum Gasteiger partial charge on any atom is 0.0795 e. The van der Waals surface area contributed by atoms with E-state index in [2.05, 4.69) is 148 Å². The van der Waals surface area contributed by atoms with Gasteiger partial charge in [0.1, 0.15) is 0 Å². The molecule has 41 heavy (non-hydrogen) atoms. The maximum absolute atomic E-state index is 3.76. The van der Waals surface area contributed by atoms with Gasteiger partial charge in [0.25, 0.3) is 0 Å². The molecule has 0 saturated heterocycles. The molecule has 3 heterocycles. The zero-order valence-electron chi connectivity index (χ0n) is 22.1. The Morgan fingerprint density at radius 1 is 0.415 bits per heavy atom. The number of fused-ring (bicyclic) bond motifs is 8. The van der Waals surface area contributed by atoms with E-state index in [-0.39, 0.29) is 0 Å². The van der Waals surface area contributed by atoms with Crippen LogP contribution in [0, 0.1) is 0 Å². The minimum atomic E-state index is 1.17. The first-order valence-corrected chi connectivity index (χ1v) is 14.1. The summed E-state index contributed by atoms with van der Waals surface area (Å²) in [6.07, 6.45) is 0. The molecule has 1 N–H and O–H groups in total. The van der Waals surface area contributed by atoms with Crippen LogP contribution in [0.2, 0.25) is 0 Å². The summed E-state index contributed by atoms with van der Waals surface area (Å²) >= 11 is 0. The smallest absolute Gasteiger partial charge is 0.0795 e. The first kappa shape index (κ1) is 21.3. The Hall–Kier alpha value is -5.54. The molecule has 0 aliphatic heterocycles. The average Bonchev–Trinajstić information content (AvgIpc) is 3.69. The van der Waals surface area contributed by atoms with Gasteiger partial charge in [0.05, 0.1) is 27.6 Å². The molecular weight excluding hydrogens is 498 g/mol. The van der Waals surface area contributed by atoms with E-state index in [1.165, 1.54) is 87.6 Å². The van der Waals surface area contributed by atoms with Crippen LogP contribution in [0.1, 0.15) is 0 Å². The van der Waals surface area contributed by atoms with Crippen molar-refractivity contribution in [3.8, 4) is 11.4 Å². The molecule has 10 rings (SSSR count). The Balaban J connectivity index is 1.55. The number of H-pyrrole nitrogens is 1. The first-order valence-electron chi connectivity index (χ1n) is 14.1. The molecule has 0 saturated carbocycles. The lowest BCUT2D eigenvalue weighted by Gasteiger charge is -2.12. The van der Waals surface area contributed by atoms with Gasteiger partial charge in [0.2, 0.25) is 0 Å². The Labute approximate surface area is 234 Å². The van der Waals surface area contributed by atoms with Crippen LogP contribution in [0.15, 0.2) is 133 Å². The monoisotopic (exact) mass is 521 g/mol. The van der Waals surface area contributed by atoms with Crippen molar-refractivity contribution < 1.29 is 0 Å². The van der Waals surface area contributed by atoms with Crippen LogP contribution < -0.4 is 0 Å². The first-order chi connectivity index (χ1) is 20.4. The quantitative estimate of drug-likeness (QED) is 0.219. The van der Waals surface area contributed by atoms with Crippen molar-refractivity contribution >= 4 is 76.2 Å². The van der Waals surface area contributed by atoms with Gasteiger partial charge in [-0.1, -0.05) is 84.9 Å². The van der Waals surface area contributed by atoms with Crippen LogP contribution in [-0.4, -0.2) is 14.1 Å². The van der Waals surface area contributed by atoms with Crippen LogP contribution in [0.3, 0.4) is 0 Å². The third-order valence-corrected chi connectivity index (χ3v) is 8.96. The Bertz CT molecular complexity index is 2610. The molecule has 0 fully saturated rings. The number of rotatable bonds is 2. The van der Waals surface area contributed by atoms with Gasteiger partial charge in [-0.2, -0.15) is 0 Å². The standard InChI is InChI=1S/C38H23N3/c1-3-11-24(12-4-1)40-32-18-10-8-16-27(32)30-21-23-19-20-28-35-33(22-29-26-15-7-9-17-31(26)39-36(28)29)41(25-13-5-2-6-14-25)38(34(23)35)37(30)40/h1-22,39H. The van der Waals surface area contributed by atoms with Crippen molar-refractivity contribution in [2.45, 2.75) is 0 Å². The molecule has 0 bridgehead atoms. The molecule has 7 aromatic carbocycles. The Kier molecular flexibility index (Phi) is 3.93. The second-order valence-corrected chi connectivity index (χ2v) is 11.1. The summed E-state index contributed by atoms with van der Waals surface area (Å²) in [6, 6.07) is 48.5. The van der Waals surface area contributed by atoms with E-state index in [1.807, 2.05) is 0 Å². The third kappa shape index (κ3) is 2.63. The van der Waals surface area contributed by atoms with Crippen molar-refractivity contribution in [1.29, 1.82) is 0 Å². The topological polar surface area (TPSA) is 25.6 Å². The van der Waals surface area contributed by atoms with E-state index in [0.717, 1.165) is 0 Å². The molecule has 0 amide bonds. The van der Waals surface area contributed by atoms with E-state index < -0.39 is 0 Å². The molecular formula is C38H23N3. The molecule has 0 spiro atoms. The molecule has 3 nitrogen and oxygen atoms in total. The zero-order valence-corrected chi connectivity index (χ0v) is 22.1. The third-order valence-electron chi connectivity index (χ3n) is 8.96. The lowest BCUT2D eigenvalue weighted by atomic mass is 9.98. The van der Waals surface area contributed by atoms with E-state index in [4.69, 9.17) is 0 Å². The van der Waals surface area contributed by atoms with Crippen LogP contribution in [0.5, 0.6) is 0 Å². The predicted molar refractivity (Wildman–Crippen MR) is 173 cm³/mol. The normalized spacial score (nSPS) is 12.4. The fraction of sp³-hybridized carbons (Fsp3) is 0. The summed E-state index contributed by atoms with van der Waals surface area (Å²) in [4.78, 5) is 3.76. The van der Waals surface area contributed by atoms with Crippen molar-refractivity contribution in [1.82, 2.24) is 14.1 Å². The number of hydrogen-bond acceptors (Lipinski definition) is 0. The SMILES string of the molecule is c1ccc(-n2c3ccccc3c3cc4ccc5c6[nH]c7ccccc7c6cc6c5c4c(c32)n6-c2ccccc2)cc1. The van der Waals surface area contributed by atoms with Crippen molar-refractivity contribution in [2.75, 3.05) is 0 Å². The molecule has 0 aliphatic rings. The Morgan fingerprint density at radius 3 is 1.85 bits per heavy atom. The van der Waals surface area contributed by atoms with Gasteiger partial charge in [-0.05, 0) is 53.9 Å². The van der Waals surface area contributed by atoms with E-state index in [0.29, 0.717) is 0 Å². The van der Waals surface area contributed by atoms with Gasteiger partial charge in [0.15, 0.2) is 0 Å². The lowest BCUT2D eigenvalue weighted by Crippen LogP contribution is -1.98. The fourth-order valence-corrected chi connectivity index (χ4v) is 7.33. The van der Waals surface area contributed by atoms with Crippen LogP contribution in [-0.2, 0) is 0 Å². The highest BCUT2D eigenvalue weighted by Crippen LogP contribution is 2.47. The van der Waals surface area contributed by atoms with Gasteiger partial charge < -0.3 is 14.1 Å². The predicted octanol–water partition coefficient (Wildman–Crippen LogP) is 10.1. The minimum Gasteiger partial charge on any atom is -0.354 e. The highest BCUT2D eigenvalue weighted by molar-refractivity contribution is 6.36. The van der Waals surface area contributed by atoms with Gasteiger partial charge >= 0.3 is 0 Å². The molecule has 3 aromatic heterocycles. The molecule has 0 atom stereocenters. The largest absolute Gasteiger partial charge is 0.354 e. The van der Waals surface area contributed by atoms with Crippen molar-refractivity contribution in [3.05, 3.63) is 133 Å². The number of aromatic nitrogens is 3. The number of aromatic amines is 1. The van der Waals surface area contributed by atoms with E-state index in [9.17, 15) is 0 Å². The molecule has 3 heteroatoms. The van der Waals surface area contributed by atoms with Crippen molar-refractivity contribution in [2.24, 2.45) is 0 Å². The summed E-state index contributed by atoms with van der Waals surface area (Å²) in [5.74, 6) is 0. The van der Waals surface area contributed by atoms with Gasteiger partial charge in [-0.25, -0.2) is 0 Å². The lowest BCUT2D eigenvalue weighted by molar-refractivity contribution is 1.15. The average molecular weight is 522 g/mol. The second kappa shape index (κ2) is 7.56. The number of para-hydroxylation sites is 4. The molecule has 0 unspecified atom stereocenters. The van der Waals surface area contributed by atoms with E-state index >= 15 is 0 Å². The summed E-state index contributed by atoms with van der Waals surface area (Å²) in [5.41, 5.74) is 9.67.